The summed E-state index contributed by atoms with van der Waals surface area (Å²) in [6.07, 6.45) is 2.24. The van der Waals surface area contributed by atoms with Gasteiger partial charge in [-0.1, -0.05) is 24.3 Å². The third-order valence-corrected chi connectivity index (χ3v) is 4.12. The van der Waals surface area contributed by atoms with Crippen LogP contribution < -0.4 is 0 Å². The molecule has 24 heavy (non-hydrogen) atoms. The molecule has 2 aromatic carbocycles. The molecule has 0 aliphatic carbocycles. The number of benzene rings is 2. The molecule has 0 saturated heterocycles. The van der Waals surface area contributed by atoms with Crippen LogP contribution in [0.2, 0.25) is 0 Å². The minimum atomic E-state index is -0.425. The molecule has 2 aromatic rings. The molecule has 1 aliphatic heterocycles. The summed E-state index contributed by atoms with van der Waals surface area (Å²) >= 11 is 0. The van der Waals surface area contributed by atoms with Crippen molar-refractivity contribution in [3.8, 4) is 0 Å². The molecule has 0 fully saturated rings. The fraction of sp³-hybridized carbons (Fsp3) is 0.222. The van der Waals surface area contributed by atoms with E-state index in [1.165, 1.54) is 17.0 Å². The molecule has 1 heterocycles. The van der Waals surface area contributed by atoms with Gasteiger partial charge in [0.05, 0.1) is 16.1 Å². The quantitative estimate of drug-likeness (QED) is 0.354. The Hall–Kier alpha value is -3.02. The topological polar surface area (TPSA) is 80.5 Å². The van der Waals surface area contributed by atoms with E-state index in [9.17, 15) is 19.7 Å². The average Bonchev–Trinajstić information content (AvgIpc) is 2.84. The van der Waals surface area contributed by atoms with E-state index in [-0.39, 0.29) is 17.5 Å². The maximum Gasteiger partial charge on any atom is 0.269 e. The van der Waals surface area contributed by atoms with E-state index in [1.807, 2.05) is 0 Å². The van der Waals surface area contributed by atoms with Crippen molar-refractivity contribution < 1.29 is 14.5 Å². The molecule has 3 rings (SSSR count). The first kappa shape index (κ1) is 15.9. The standard InChI is InChI=1S/C18H16N2O4/c21-17-15-6-1-2-7-16(15)18(22)19(17)12-4-3-5-13-8-10-14(11-9-13)20(23)24/h1-2,6-11H,3-5,12H2. The van der Waals surface area contributed by atoms with Gasteiger partial charge in [-0.25, -0.2) is 0 Å². The van der Waals surface area contributed by atoms with Gasteiger partial charge in [0.15, 0.2) is 0 Å². The van der Waals surface area contributed by atoms with Crippen LogP contribution in [0.25, 0.3) is 0 Å². The second-order valence-corrected chi connectivity index (χ2v) is 5.69. The van der Waals surface area contributed by atoms with Crippen molar-refractivity contribution in [2.24, 2.45) is 0 Å². The van der Waals surface area contributed by atoms with E-state index in [1.54, 1.807) is 36.4 Å². The van der Waals surface area contributed by atoms with Gasteiger partial charge in [-0.3, -0.25) is 24.6 Å². The summed E-state index contributed by atoms with van der Waals surface area (Å²) in [4.78, 5) is 35.9. The van der Waals surface area contributed by atoms with Crippen molar-refractivity contribution in [2.45, 2.75) is 19.3 Å². The first-order chi connectivity index (χ1) is 11.6. The number of imide groups is 1. The van der Waals surface area contributed by atoms with Crippen LogP contribution in [-0.4, -0.2) is 28.2 Å². The number of hydrogen-bond donors (Lipinski definition) is 0. The van der Waals surface area contributed by atoms with Crippen molar-refractivity contribution in [1.82, 2.24) is 4.90 Å². The lowest BCUT2D eigenvalue weighted by Crippen LogP contribution is -2.30. The molecule has 6 heteroatoms. The fourth-order valence-corrected chi connectivity index (χ4v) is 2.83. The molecule has 2 amide bonds. The molecule has 0 unspecified atom stereocenters. The average molecular weight is 324 g/mol. The van der Waals surface area contributed by atoms with Gasteiger partial charge in [0.1, 0.15) is 0 Å². The van der Waals surface area contributed by atoms with Crippen LogP contribution in [0, 0.1) is 10.1 Å². The van der Waals surface area contributed by atoms with E-state index in [0.29, 0.717) is 24.1 Å². The smallest absolute Gasteiger partial charge is 0.269 e. The van der Waals surface area contributed by atoms with Gasteiger partial charge in [0, 0.05) is 18.7 Å². The zero-order chi connectivity index (χ0) is 17.1. The van der Waals surface area contributed by atoms with Gasteiger partial charge < -0.3 is 0 Å². The number of rotatable bonds is 6. The van der Waals surface area contributed by atoms with Gasteiger partial charge >= 0.3 is 0 Å². The Bertz CT molecular complexity index is 764. The number of non-ortho nitro benzene ring substituents is 1. The Morgan fingerprint density at radius 3 is 2.00 bits per heavy atom. The summed E-state index contributed by atoms with van der Waals surface area (Å²) in [5, 5.41) is 10.6. The molecule has 0 aromatic heterocycles. The summed E-state index contributed by atoms with van der Waals surface area (Å²) in [5.41, 5.74) is 2.02. The molecule has 0 bridgehead atoms. The number of nitro benzene ring substituents is 1. The second kappa shape index (κ2) is 6.62. The number of aryl methyl sites for hydroxylation is 1. The predicted molar refractivity (Wildman–Crippen MR) is 87.8 cm³/mol. The van der Waals surface area contributed by atoms with Crippen molar-refractivity contribution in [3.05, 3.63) is 75.3 Å². The molecule has 0 atom stereocenters. The zero-order valence-corrected chi connectivity index (χ0v) is 13.0. The van der Waals surface area contributed by atoms with Gasteiger partial charge in [-0.05, 0) is 37.0 Å². The highest BCUT2D eigenvalue weighted by molar-refractivity contribution is 6.21. The molecular formula is C18H16N2O4. The maximum absolute atomic E-state index is 12.2. The van der Waals surface area contributed by atoms with Gasteiger partial charge in [-0.2, -0.15) is 0 Å². The number of carbonyl (C=O) groups is 2. The van der Waals surface area contributed by atoms with Crippen molar-refractivity contribution in [2.75, 3.05) is 6.54 Å². The summed E-state index contributed by atoms with van der Waals surface area (Å²) in [6.45, 7) is 0.388. The Morgan fingerprint density at radius 1 is 0.875 bits per heavy atom. The van der Waals surface area contributed by atoms with Crippen LogP contribution in [-0.2, 0) is 6.42 Å². The van der Waals surface area contributed by atoms with Crippen LogP contribution in [0.15, 0.2) is 48.5 Å². The molecule has 6 nitrogen and oxygen atoms in total. The highest BCUT2D eigenvalue weighted by atomic mass is 16.6. The van der Waals surface area contributed by atoms with E-state index < -0.39 is 4.92 Å². The molecule has 0 saturated carbocycles. The third kappa shape index (κ3) is 3.03. The molecular weight excluding hydrogens is 308 g/mol. The fourth-order valence-electron chi connectivity index (χ4n) is 2.83. The molecule has 1 aliphatic rings. The Morgan fingerprint density at radius 2 is 1.46 bits per heavy atom. The summed E-state index contributed by atoms with van der Waals surface area (Å²) in [7, 11) is 0. The first-order valence-electron chi connectivity index (χ1n) is 7.76. The number of amides is 2. The molecule has 0 N–H and O–H groups in total. The van der Waals surface area contributed by atoms with Gasteiger partial charge in [0.25, 0.3) is 17.5 Å². The number of nitro groups is 1. The minimum Gasteiger partial charge on any atom is -0.274 e. The second-order valence-electron chi connectivity index (χ2n) is 5.69. The minimum absolute atomic E-state index is 0.0739. The summed E-state index contributed by atoms with van der Waals surface area (Å²) < 4.78 is 0. The van der Waals surface area contributed by atoms with Crippen LogP contribution in [0.3, 0.4) is 0 Å². The summed E-state index contributed by atoms with van der Waals surface area (Å²) in [6, 6.07) is 13.3. The molecule has 0 spiro atoms. The third-order valence-electron chi connectivity index (χ3n) is 4.12. The predicted octanol–water partition coefficient (Wildman–Crippen LogP) is 3.21. The first-order valence-corrected chi connectivity index (χ1v) is 7.76. The SMILES string of the molecule is O=C1c2ccccc2C(=O)N1CCCCc1ccc([N+](=O)[O-])cc1. The van der Waals surface area contributed by atoms with Gasteiger partial charge in [-0.15, -0.1) is 0 Å². The normalized spacial score (nSPS) is 13.2. The highest BCUT2D eigenvalue weighted by Crippen LogP contribution is 2.23. The number of hydrogen-bond acceptors (Lipinski definition) is 4. The van der Waals surface area contributed by atoms with Gasteiger partial charge in [0.2, 0.25) is 0 Å². The number of fused-ring (bicyclic) bond motifs is 1. The van der Waals surface area contributed by atoms with Crippen molar-refractivity contribution in [3.63, 3.8) is 0 Å². The summed E-state index contributed by atoms with van der Waals surface area (Å²) in [5.74, 6) is -0.461. The highest BCUT2D eigenvalue weighted by Gasteiger charge is 2.34. The van der Waals surface area contributed by atoms with Crippen LogP contribution >= 0.6 is 0 Å². The lowest BCUT2D eigenvalue weighted by molar-refractivity contribution is -0.384. The Balaban J connectivity index is 1.52. The van der Waals surface area contributed by atoms with Crippen molar-refractivity contribution >= 4 is 17.5 Å². The van der Waals surface area contributed by atoms with Crippen LogP contribution in [0.1, 0.15) is 39.1 Å². The van der Waals surface area contributed by atoms with Crippen molar-refractivity contribution in [1.29, 1.82) is 0 Å². The zero-order valence-electron chi connectivity index (χ0n) is 13.0. The lowest BCUT2D eigenvalue weighted by atomic mass is 10.1. The monoisotopic (exact) mass is 324 g/mol. The molecule has 122 valence electrons. The van der Waals surface area contributed by atoms with E-state index >= 15 is 0 Å². The number of carbonyl (C=O) groups excluding carboxylic acids is 2. The largest absolute Gasteiger partial charge is 0.274 e. The number of unbranched alkanes of at least 4 members (excludes halogenated alkanes) is 1. The lowest BCUT2D eigenvalue weighted by Gasteiger charge is -2.13. The maximum atomic E-state index is 12.2. The van der Waals surface area contributed by atoms with Crippen LogP contribution in [0.5, 0.6) is 0 Å². The Kier molecular flexibility index (Phi) is 4.37. The Labute approximate surface area is 138 Å². The molecule has 0 radical (unpaired) electrons. The number of nitrogens with zero attached hydrogens (tertiary/aromatic N) is 2. The van der Waals surface area contributed by atoms with E-state index in [0.717, 1.165) is 18.4 Å². The van der Waals surface area contributed by atoms with Crippen LogP contribution in [0.4, 0.5) is 5.69 Å². The van der Waals surface area contributed by atoms with E-state index in [2.05, 4.69) is 0 Å². The van der Waals surface area contributed by atoms with E-state index in [4.69, 9.17) is 0 Å².